The summed E-state index contributed by atoms with van der Waals surface area (Å²) < 4.78 is 10.9. The molecule has 1 aromatic heterocycles. The molecule has 7 heteroatoms. The van der Waals surface area contributed by atoms with Crippen LogP contribution in [0.1, 0.15) is 12.8 Å². The SMILES string of the molecule is COc1ccc2nc(-c3ccccc3)nc(SCC(=O)NC[C@@H]3CCCO3)c2c1. The highest BCUT2D eigenvalue weighted by molar-refractivity contribution is 8.00. The van der Waals surface area contributed by atoms with Gasteiger partial charge in [0.1, 0.15) is 10.8 Å². The van der Waals surface area contributed by atoms with E-state index < -0.39 is 0 Å². The molecule has 0 saturated carbocycles. The van der Waals surface area contributed by atoms with Gasteiger partial charge in [-0.25, -0.2) is 9.97 Å². The van der Waals surface area contributed by atoms with E-state index in [1.54, 1.807) is 7.11 Å². The molecule has 2 aromatic carbocycles. The van der Waals surface area contributed by atoms with Crippen LogP contribution in [0.15, 0.2) is 53.6 Å². The molecule has 0 spiro atoms. The average Bonchev–Trinajstić information content (AvgIpc) is 3.30. The Morgan fingerprint density at radius 1 is 1.24 bits per heavy atom. The normalized spacial score (nSPS) is 16.1. The molecule has 1 saturated heterocycles. The van der Waals surface area contributed by atoms with Crippen LogP contribution < -0.4 is 10.1 Å². The Hall–Kier alpha value is -2.64. The fraction of sp³-hybridized carbons (Fsp3) is 0.318. The van der Waals surface area contributed by atoms with E-state index in [0.717, 1.165) is 46.7 Å². The summed E-state index contributed by atoms with van der Waals surface area (Å²) in [6.07, 6.45) is 2.20. The van der Waals surface area contributed by atoms with Gasteiger partial charge in [0.15, 0.2) is 5.82 Å². The van der Waals surface area contributed by atoms with Crippen molar-refractivity contribution in [2.45, 2.75) is 24.0 Å². The number of ether oxygens (including phenoxy) is 2. The van der Waals surface area contributed by atoms with Gasteiger partial charge in [-0.3, -0.25) is 4.79 Å². The number of nitrogens with one attached hydrogen (secondary N) is 1. The van der Waals surface area contributed by atoms with Gasteiger partial charge in [0, 0.05) is 24.1 Å². The van der Waals surface area contributed by atoms with Gasteiger partial charge in [-0.2, -0.15) is 0 Å². The molecule has 29 heavy (non-hydrogen) atoms. The molecule has 6 nitrogen and oxygen atoms in total. The topological polar surface area (TPSA) is 73.3 Å². The lowest BCUT2D eigenvalue weighted by molar-refractivity contribution is -0.119. The van der Waals surface area contributed by atoms with Gasteiger partial charge < -0.3 is 14.8 Å². The first-order valence-corrected chi connectivity index (χ1v) is 10.6. The summed E-state index contributed by atoms with van der Waals surface area (Å²) in [4.78, 5) is 21.8. The molecular formula is C22H23N3O3S. The van der Waals surface area contributed by atoms with E-state index in [1.807, 2.05) is 48.5 Å². The Bertz CT molecular complexity index is 991. The summed E-state index contributed by atoms with van der Waals surface area (Å²) in [5.74, 6) is 1.63. The minimum atomic E-state index is -0.0265. The van der Waals surface area contributed by atoms with Crippen LogP contribution >= 0.6 is 11.8 Å². The first-order chi connectivity index (χ1) is 14.2. The van der Waals surface area contributed by atoms with E-state index in [2.05, 4.69) is 5.32 Å². The van der Waals surface area contributed by atoms with Crippen LogP contribution in [0.25, 0.3) is 22.3 Å². The molecule has 3 aromatic rings. The Kier molecular flexibility index (Phi) is 6.27. The zero-order chi connectivity index (χ0) is 20.1. The van der Waals surface area contributed by atoms with Gasteiger partial charge in [0.2, 0.25) is 5.91 Å². The molecule has 4 rings (SSSR count). The summed E-state index contributed by atoms with van der Waals surface area (Å²) in [6.45, 7) is 1.35. The fourth-order valence-electron chi connectivity index (χ4n) is 3.25. The van der Waals surface area contributed by atoms with Crippen LogP contribution in [0.5, 0.6) is 5.75 Å². The van der Waals surface area contributed by atoms with E-state index in [-0.39, 0.29) is 17.8 Å². The van der Waals surface area contributed by atoms with Crippen molar-refractivity contribution in [3.05, 3.63) is 48.5 Å². The largest absolute Gasteiger partial charge is 0.497 e. The molecule has 1 atom stereocenters. The lowest BCUT2D eigenvalue weighted by Crippen LogP contribution is -2.32. The smallest absolute Gasteiger partial charge is 0.230 e. The Balaban J connectivity index is 1.56. The third-order valence-electron chi connectivity index (χ3n) is 4.79. The van der Waals surface area contributed by atoms with Crippen molar-refractivity contribution in [2.75, 3.05) is 26.0 Å². The van der Waals surface area contributed by atoms with E-state index in [1.165, 1.54) is 11.8 Å². The third-order valence-corrected chi connectivity index (χ3v) is 5.78. The quantitative estimate of drug-likeness (QED) is 0.474. The molecule has 0 radical (unpaired) electrons. The van der Waals surface area contributed by atoms with Gasteiger partial charge in [-0.1, -0.05) is 42.1 Å². The van der Waals surface area contributed by atoms with Gasteiger partial charge in [0.05, 0.1) is 24.5 Å². The number of nitrogens with zero attached hydrogens (tertiary/aromatic N) is 2. The summed E-state index contributed by atoms with van der Waals surface area (Å²) in [7, 11) is 1.63. The Morgan fingerprint density at radius 2 is 2.10 bits per heavy atom. The minimum Gasteiger partial charge on any atom is -0.497 e. The second-order valence-electron chi connectivity index (χ2n) is 6.83. The lowest BCUT2D eigenvalue weighted by atomic mass is 10.2. The minimum absolute atomic E-state index is 0.0265. The van der Waals surface area contributed by atoms with Gasteiger partial charge in [-0.15, -0.1) is 0 Å². The van der Waals surface area contributed by atoms with Gasteiger partial charge in [-0.05, 0) is 31.0 Å². The molecule has 1 aliphatic rings. The van der Waals surface area contributed by atoms with Crippen molar-refractivity contribution in [3.63, 3.8) is 0 Å². The van der Waals surface area contributed by atoms with Gasteiger partial charge in [0.25, 0.3) is 0 Å². The highest BCUT2D eigenvalue weighted by Crippen LogP contribution is 2.30. The average molecular weight is 410 g/mol. The van der Waals surface area contributed by atoms with Crippen molar-refractivity contribution in [2.24, 2.45) is 0 Å². The number of thioether (sulfide) groups is 1. The Morgan fingerprint density at radius 3 is 2.86 bits per heavy atom. The van der Waals surface area contributed by atoms with Gasteiger partial charge >= 0.3 is 0 Å². The number of rotatable bonds is 7. The molecule has 150 valence electrons. The zero-order valence-corrected chi connectivity index (χ0v) is 17.1. The number of amides is 1. The van der Waals surface area contributed by atoms with Crippen molar-refractivity contribution < 1.29 is 14.3 Å². The van der Waals surface area contributed by atoms with Crippen LogP contribution in [0.4, 0.5) is 0 Å². The predicted octanol–water partition coefficient (Wildman–Crippen LogP) is 3.69. The molecular weight excluding hydrogens is 386 g/mol. The number of hydrogen-bond acceptors (Lipinski definition) is 6. The molecule has 0 aliphatic carbocycles. The maximum absolute atomic E-state index is 12.3. The molecule has 0 bridgehead atoms. The maximum atomic E-state index is 12.3. The van der Waals surface area contributed by atoms with E-state index in [0.29, 0.717) is 12.4 Å². The number of hydrogen-bond donors (Lipinski definition) is 1. The van der Waals surface area contributed by atoms with Crippen molar-refractivity contribution >= 4 is 28.6 Å². The monoisotopic (exact) mass is 409 g/mol. The van der Waals surface area contributed by atoms with E-state index in [9.17, 15) is 4.79 Å². The first-order valence-electron chi connectivity index (χ1n) is 9.65. The van der Waals surface area contributed by atoms with Crippen LogP contribution in [0, 0.1) is 0 Å². The highest BCUT2D eigenvalue weighted by atomic mass is 32.2. The zero-order valence-electron chi connectivity index (χ0n) is 16.3. The number of carbonyl (C=O) groups excluding carboxylic acids is 1. The standard InChI is InChI=1S/C22H23N3O3S/c1-27-16-9-10-19-18(12-16)22(25-21(24-19)15-6-3-2-4-7-15)29-14-20(26)23-13-17-8-5-11-28-17/h2-4,6-7,9-10,12,17H,5,8,11,13-14H2,1H3,(H,23,26)/t17-/m0/s1. The van der Waals surface area contributed by atoms with E-state index >= 15 is 0 Å². The summed E-state index contributed by atoms with van der Waals surface area (Å²) in [5, 5.41) is 4.60. The van der Waals surface area contributed by atoms with Crippen molar-refractivity contribution in [1.29, 1.82) is 0 Å². The summed E-state index contributed by atoms with van der Waals surface area (Å²) >= 11 is 1.41. The number of carbonyl (C=O) groups is 1. The van der Waals surface area contributed by atoms with E-state index in [4.69, 9.17) is 19.4 Å². The Labute approximate surface area is 174 Å². The number of aromatic nitrogens is 2. The fourth-order valence-corrected chi connectivity index (χ4v) is 4.09. The van der Waals surface area contributed by atoms with Crippen molar-refractivity contribution in [3.8, 4) is 17.1 Å². The molecule has 0 unspecified atom stereocenters. The highest BCUT2D eigenvalue weighted by Gasteiger charge is 2.17. The summed E-state index contributed by atoms with van der Waals surface area (Å²) in [5.41, 5.74) is 1.76. The van der Waals surface area contributed by atoms with Crippen LogP contribution in [-0.4, -0.2) is 48.0 Å². The lowest BCUT2D eigenvalue weighted by Gasteiger charge is -2.12. The predicted molar refractivity (Wildman–Crippen MR) is 114 cm³/mol. The number of methoxy groups -OCH3 is 1. The second kappa shape index (κ2) is 9.24. The second-order valence-corrected chi connectivity index (χ2v) is 7.79. The number of fused-ring (bicyclic) bond motifs is 1. The molecule has 2 heterocycles. The van der Waals surface area contributed by atoms with Crippen LogP contribution in [-0.2, 0) is 9.53 Å². The maximum Gasteiger partial charge on any atom is 0.230 e. The molecule has 1 amide bonds. The molecule has 1 aliphatic heterocycles. The molecule has 1 fully saturated rings. The van der Waals surface area contributed by atoms with Crippen LogP contribution in [0.3, 0.4) is 0 Å². The summed E-state index contributed by atoms with van der Waals surface area (Å²) in [6, 6.07) is 15.6. The van der Waals surface area contributed by atoms with Crippen molar-refractivity contribution in [1.82, 2.24) is 15.3 Å². The third kappa shape index (κ3) is 4.86. The number of benzene rings is 2. The first kappa shape index (κ1) is 19.7. The van der Waals surface area contributed by atoms with Crippen LogP contribution in [0.2, 0.25) is 0 Å². The molecule has 1 N–H and O–H groups in total.